The highest BCUT2D eigenvalue weighted by molar-refractivity contribution is 5.35. The van der Waals surface area contributed by atoms with Crippen molar-refractivity contribution in [3.05, 3.63) is 65.7 Å². The molecule has 0 heterocycles. The third-order valence-electron chi connectivity index (χ3n) is 3.59. The fourth-order valence-corrected chi connectivity index (χ4v) is 2.51. The van der Waals surface area contributed by atoms with E-state index in [9.17, 15) is 0 Å². The summed E-state index contributed by atoms with van der Waals surface area (Å²) in [4.78, 5) is 0. The van der Waals surface area contributed by atoms with Crippen LogP contribution in [0.4, 0.5) is 0 Å². The second-order valence-corrected chi connectivity index (χ2v) is 5.05. The van der Waals surface area contributed by atoms with Crippen LogP contribution in [0.3, 0.4) is 0 Å². The SMILES string of the molecule is COCC(N[C@@H](C)c1ccccc1OC)c1ccccc1. The minimum atomic E-state index is 0.149. The topological polar surface area (TPSA) is 30.5 Å². The fraction of sp³-hybridized carbons (Fsp3) is 0.333. The Morgan fingerprint density at radius 2 is 1.62 bits per heavy atom. The highest BCUT2D eigenvalue weighted by atomic mass is 16.5. The first-order valence-electron chi connectivity index (χ1n) is 7.19. The van der Waals surface area contributed by atoms with E-state index in [1.807, 2.05) is 36.4 Å². The molecule has 1 unspecified atom stereocenters. The summed E-state index contributed by atoms with van der Waals surface area (Å²) in [5, 5.41) is 3.62. The van der Waals surface area contributed by atoms with Gasteiger partial charge in [0.1, 0.15) is 5.75 Å². The van der Waals surface area contributed by atoms with E-state index in [0.717, 1.165) is 11.3 Å². The molecule has 0 aliphatic carbocycles. The lowest BCUT2D eigenvalue weighted by Gasteiger charge is -2.24. The van der Waals surface area contributed by atoms with Crippen molar-refractivity contribution in [3.63, 3.8) is 0 Å². The van der Waals surface area contributed by atoms with E-state index in [-0.39, 0.29) is 12.1 Å². The van der Waals surface area contributed by atoms with Crippen LogP contribution in [0.15, 0.2) is 54.6 Å². The molecule has 0 aromatic heterocycles. The van der Waals surface area contributed by atoms with Crippen LogP contribution in [0, 0.1) is 0 Å². The summed E-state index contributed by atoms with van der Waals surface area (Å²) >= 11 is 0. The Morgan fingerprint density at radius 3 is 2.29 bits per heavy atom. The molecule has 0 aliphatic rings. The largest absolute Gasteiger partial charge is 0.496 e. The van der Waals surface area contributed by atoms with Crippen molar-refractivity contribution >= 4 is 0 Å². The lowest BCUT2D eigenvalue weighted by atomic mass is 10.0. The average Bonchev–Trinajstić information content (AvgIpc) is 2.55. The molecule has 2 aromatic carbocycles. The van der Waals surface area contributed by atoms with Crippen molar-refractivity contribution in [2.75, 3.05) is 20.8 Å². The number of nitrogens with one attached hydrogen (secondary N) is 1. The van der Waals surface area contributed by atoms with Crippen LogP contribution in [0.2, 0.25) is 0 Å². The van der Waals surface area contributed by atoms with Crippen LogP contribution in [0.1, 0.15) is 30.1 Å². The summed E-state index contributed by atoms with van der Waals surface area (Å²) in [6.07, 6.45) is 0. The Morgan fingerprint density at radius 1 is 0.952 bits per heavy atom. The molecule has 0 fully saturated rings. The van der Waals surface area contributed by atoms with Gasteiger partial charge in [0.2, 0.25) is 0 Å². The van der Waals surface area contributed by atoms with E-state index < -0.39 is 0 Å². The molecule has 0 spiro atoms. The minimum Gasteiger partial charge on any atom is -0.496 e. The first-order chi connectivity index (χ1) is 10.3. The number of ether oxygens (including phenoxy) is 2. The number of benzene rings is 2. The van der Waals surface area contributed by atoms with E-state index in [1.54, 1.807) is 14.2 Å². The predicted molar refractivity (Wildman–Crippen MR) is 85.6 cm³/mol. The zero-order valence-electron chi connectivity index (χ0n) is 12.9. The van der Waals surface area contributed by atoms with E-state index in [0.29, 0.717) is 6.61 Å². The van der Waals surface area contributed by atoms with E-state index in [2.05, 4.69) is 30.4 Å². The number of hydrogen-bond donors (Lipinski definition) is 1. The monoisotopic (exact) mass is 285 g/mol. The highest BCUT2D eigenvalue weighted by Crippen LogP contribution is 2.27. The van der Waals surface area contributed by atoms with Gasteiger partial charge in [0.05, 0.1) is 19.8 Å². The summed E-state index contributed by atoms with van der Waals surface area (Å²) < 4.78 is 10.8. The molecule has 0 amide bonds. The van der Waals surface area contributed by atoms with Crippen LogP contribution >= 0.6 is 0 Å². The maximum Gasteiger partial charge on any atom is 0.123 e. The molecule has 0 saturated heterocycles. The van der Waals surface area contributed by atoms with Gasteiger partial charge >= 0.3 is 0 Å². The Balaban J connectivity index is 2.16. The van der Waals surface area contributed by atoms with Gasteiger partial charge in [0.25, 0.3) is 0 Å². The predicted octanol–water partition coefficient (Wildman–Crippen LogP) is 3.73. The summed E-state index contributed by atoms with van der Waals surface area (Å²) in [7, 11) is 3.43. The van der Waals surface area contributed by atoms with Gasteiger partial charge in [-0.05, 0) is 18.6 Å². The van der Waals surface area contributed by atoms with Crippen molar-refractivity contribution in [1.82, 2.24) is 5.32 Å². The lowest BCUT2D eigenvalue weighted by molar-refractivity contribution is 0.161. The Hall–Kier alpha value is -1.84. The molecule has 2 atom stereocenters. The average molecular weight is 285 g/mol. The van der Waals surface area contributed by atoms with Gasteiger partial charge in [-0.25, -0.2) is 0 Å². The summed E-state index contributed by atoms with van der Waals surface area (Å²) in [5.74, 6) is 0.904. The fourth-order valence-electron chi connectivity index (χ4n) is 2.51. The summed E-state index contributed by atoms with van der Waals surface area (Å²) in [5.41, 5.74) is 2.37. The van der Waals surface area contributed by atoms with Gasteiger partial charge in [0, 0.05) is 18.7 Å². The molecule has 2 aromatic rings. The molecule has 1 N–H and O–H groups in total. The number of methoxy groups -OCH3 is 2. The van der Waals surface area contributed by atoms with Crippen LogP contribution < -0.4 is 10.1 Å². The normalized spacial score (nSPS) is 13.7. The van der Waals surface area contributed by atoms with Gasteiger partial charge < -0.3 is 14.8 Å². The number of para-hydroxylation sites is 1. The standard InChI is InChI=1S/C18H23NO2/c1-14(16-11-7-8-12-18(16)21-3)19-17(13-20-2)15-9-5-4-6-10-15/h4-12,14,17,19H,13H2,1-3H3/t14-,17?/m0/s1. The van der Waals surface area contributed by atoms with E-state index in [4.69, 9.17) is 9.47 Å². The first kappa shape index (κ1) is 15.5. The zero-order valence-corrected chi connectivity index (χ0v) is 12.9. The highest BCUT2D eigenvalue weighted by Gasteiger charge is 2.17. The number of rotatable bonds is 7. The molecule has 0 aliphatic heterocycles. The van der Waals surface area contributed by atoms with Gasteiger partial charge in [-0.2, -0.15) is 0 Å². The first-order valence-corrected chi connectivity index (χ1v) is 7.19. The van der Waals surface area contributed by atoms with Crippen molar-refractivity contribution in [2.45, 2.75) is 19.0 Å². The molecule has 3 heteroatoms. The molecular formula is C18H23NO2. The van der Waals surface area contributed by atoms with Crippen LogP contribution in [0.5, 0.6) is 5.75 Å². The van der Waals surface area contributed by atoms with Crippen molar-refractivity contribution in [3.8, 4) is 5.75 Å². The Labute approximate surface area is 126 Å². The molecule has 112 valence electrons. The minimum absolute atomic E-state index is 0.149. The molecule has 0 bridgehead atoms. The van der Waals surface area contributed by atoms with Crippen molar-refractivity contribution in [2.24, 2.45) is 0 Å². The van der Waals surface area contributed by atoms with E-state index in [1.165, 1.54) is 5.56 Å². The van der Waals surface area contributed by atoms with Crippen LogP contribution in [-0.2, 0) is 4.74 Å². The van der Waals surface area contributed by atoms with Gasteiger partial charge in [-0.1, -0.05) is 48.5 Å². The molecule has 3 nitrogen and oxygen atoms in total. The molecule has 0 saturated carbocycles. The van der Waals surface area contributed by atoms with Crippen LogP contribution in [-0.4, -0.2) is 20.8 Å². The Bertz CT molecular complexity index is 542. The number of hydrogen-bond acceptors (Lipinski definition) is 3. The second-order valence-electron chi connectivity index (χ2n) is 5.05. The summed E-state index contributed by atoms with van der Waals surface area (Å²) in [6.45, 7) is 2.77. The smallest absolute Gasteiger partial charge is 0.123 e. The molecule has 2 rings (SSSR count). The Kier molecular flexibility index (Phi) is 5.78. The van der Waals surface area contributed by atoms with Gasteiger partial charge in [-0.15, -0.1) is 0 Å². The maximum atomic E-state index is 5.44. The zero-order chi connectivity index (χ0) is 15.1. The van der Waals surface area contributed by atoms with Crippen molar-refractivity contribution in [1.29, 1.82) is 0 Å². The van der Waals surface area contributed by atoms with Crippen LogP contribution in [0.25, 0.3) is 0 Å². The maximum absolute atomic E-state index is 5.44. The lowest BCUT2D eigenvalue weighted by Crippen LogP contribution is -2.28. The van der Waals surface area contributed by atoms with Crippen molar-refractivity contribution < 1.29 is 9.47 Å². The third-order valence-corrected chi connectivity index (χ3v) is 3.59. The molecular weight excluding hydrogens is 262 g/mol. The molecule has 21 heavy (non-hydrogen) atoms. The van der Waals surface area contributed by atoms with Gasteiger partial charge in [-0.3, -0.25) is 0 Å². The second kappa shape index (κ2) is 7.81. The molecule has 0 radical (unpaired) electrons. The van der Waals surface area contributed by atoms with E-state index >= 15 is 0 Å². The summed E-state index contributed by atoms with van der Waals surface area (Å²) in [6, 6.07) is 18.8. The quantitative estimate of drug-likeness (QED) is 0.840. The van der Waals surface area contributed by atoms with Gasteiger partial charge in [0.15, 0.2) is 0 Å². The third kappa shape index (κ3) is 4.06.